The summed E-state index contributed by atoms with van der Waals surface area (Å²) in [5, 5.41) is 11.2. The van der Waals surface area contributed by atoms with E-state index in [1.807, 2.05) is 0 Å². The number of fused-ring (bicyclic) bond motifs is 1. The zero-order chi connectivity index (χ0) is 15.1. The van der Waals surface area contributed by atoms with Gasteiger partial charge in [-0.3, -0.25) is 10.1 Å². The summed E-state index contributed by atoms with van der Waals surface area (Å²) in [4.78, 5) is 10.6. The number of halogens is 3. The first-order chi connectivity index (χ1) is 9.25. The summed E-state index contributed by atoms with van der Waals surface area (Å²) in [5.41, 5.74) is 0.709. The van der Waals surface area contributed by atoms with Crippen molar-refractivity contribution in [1.29, 1.82) is 0 Å². The molecule has 5 nitrogen and oxygen atoms in total. The highest BCUT2D eigenvalue weighted by molar-refractivity contribution is 6.68. The van der Waals surface area contributed by atoms with Crippen molar-refractivity contribution in [3.63, 3.8) is 0 Å². The number of ether oxygens (including phenoxy) is 2. The second kappa shape index (κ2) is 5.31. The predicted molar refractivity (Wildman–Crippen MR) is 77.3 cm³/mol. The Bertz CT molecular complexity index is 595. The van der Waals surface area contributed by atoms with Gasteiger partial charge in [0.1, 0.15) is 11.5 Å². The Morgan fingerprint density at radius 3 is 2.55 bits per heavy atom. The average molecular weight is 339 g/mol. The van der Waals surface area contributed by atoms with Crippen molar-refractivity contribution < 1.29 is 14.4 Å². The molecule has 0 aliphatic carbocycles. The maximum absolute atomic E-state index is 11.2. The lowest BCUT2D eigenvalue weighted by molar-refractivity contribution is -0.434. The van der Waals surface area contributed by atoms with Crippen molar-refractivity contribution in [2.24, 2.45) is 0 Å². The van der Waals surface area contributed by atoms with Gasteiger partial charge in [-0.25, -0.2) is 0 Å². The lowest BCUT2D eigenvalue weighted by atomic mass is 9.99. The molecule has 1 aromatic carbocycles. The highest BCUT2D eigenvalue weighted by Gasteiger charge is 2.48. The van der Waals surface area contributed by atoms with E-state index in [-0.39, 0.29) is 5.70 Å². The summed E-state index contributed by atoms with van der Waals surface area (Å²) in [6, 6.07) is 4.94. The Morgan fingerprint density at radius 1 is 1.40 bits per heavy atom. The number of hydrogen-bond acceptors (Lipinski definition) is 4. The first-order valence-corrected chi connectivity index (χ1v) is 6.66. The minimum absolute atomic E-state index is 0.261. The number of rotatable bonds is 2. The highest BCUT2D eigenvalue weighted by atomic mass is 35.6. The number of nitro groups is 1. The molecule has 8 heteroatoms. The van der Waals surface area contributed by atoms with Crippen LogP contribution in [0, 0.1) is 10.1 Å². The van der Waals surface area contributed by atoms with Crippen LogP contribution in [0.15, 0.2) is 23.9 Å². The van der Waals surface area contributed by atoms with Crippen LogP contribution in [0.3, 0.4) is 0 Å². The molecule has 0 radical (unpaired) electrons. The van der Waals surface area contributed by atoms with Gasteiger partial charge in [0, 0.05) is 17.2 Å². The molecule has 2 rings (SSSR count). The Morgan fingerprint density at radius 2 is 2.05 bits per heavy atom. The zero-order valence-electron chi connectivity index (χ0n) is 10.5. The molecule has 20 heavy (non-hydrogen) atoms. The molecule has 0 N–H and O–H groups in total. The van der Waals surface area contributed by atoms with Gasteiger partial charge in [-0.05, 0) is 19.1 Å². The van der Waals surface area contributed by atoms with E-state index >= 15 is 0 Å². The van der Waals surface area contributed by atoms with Crippen LogP contribution in [0.5, 0.6) is 11.5 Å². The largest absolute Gasteiger partial charge is 0.497 e. The number of benzene rings is 1. The van der Waals surface area contributed by atoms with E-state index in [0.717, 1.165) is 0 Å². The lowest BCUT2D eigenvalue weighted by Gasteiger charge is -2.29. The smallest absolute Gasteiger partial charge is 0.294 e. The third kappa shape index (κ3) is 2.66. The van der Waals surface area contributed by atoms with Gasteiger partial charge in [-0.1, -0.05) is 34.8 Å². The molecule has 0 saturated heterocycles. The molecule has 1 heterocycles. The second-order valence-corrected chi connectivity index (χ2v) is 6.54. The first kappa shape index (κ1) is 15.2. The normalized spacial score (nSPS) is 18.4. The van der Waals surface area contributed by atoms with E-state index < -0.39 is 14.8 Å². The van der Waals surface area contributed by atoms with Gasteiger partial charge in [0.25, 0.3) is 5.70 Å². The standard InChI is InChI=1S/C12H10Cl3NO4/c1-6-8-4-3-7(19-2)5-9(8)20-11(12(13,14)15)10(6)16(17)18/h3-5,11H,1-2H3. The minimum atomic E-state index is -1.95. The van der Waals surface area contributed by atoms with Crippen molar-refractivity contribution in [1.82, 2.24) is 0 Å². The van der Waals surface area contributed by atoms with Crippen molar-refractivity contribution >= 4 is 40.4 Å². The fourth-order valence-electron chi connectivity index (χ4n) is 2.01. The summed E-state index contributed by atoms with van der Waals surface area (Å²) in [7, 11) is 1.50. The number of alkyl halides is 3. The lowest BCUT2D eigenvalue weighted by Crippen LogP contribution is -2.39. The quantitative estimate of drug-likeness (QED) is 0.467. The average Bonchev–Trinajstić information content (AvgIpc) is 2.36. The van der Waals surface area contributed by atoms with Gasteiger partial charge in [0.15, 0.2) is 0 Å². The van der Waals surface area contributed by atoms with E-state index in [1.165, 1.54) is 7.11 Å². The summed E-state index contributed by atoms with van der Waals surface area (Å²) in [5.74, 6) is 0.924. The molecule has 0 amide bonds. The molecule has 0 spiro atoms. The van der Waals surface area contributed by atoms with Gasteiger partial charge in [-0.2, -0.15) is 0 Å². The first-order valence-electron chi connectivity index (χ1n) is 5.52. The van der Waals surface area contributed by atoms with Gasteiger partial charge < -0.3 is 9.47 Å². The maximum atomic E-state index is 11.2. The van der Waals surface area contributed by atoms with Crippen molar-refractivity contribution in [3.05, 3.63) is 39.6 Å². The summed E-state index contributed by atoms with van der Waals surface area (Å²) >= 11 is 17.4. The Balaban J connectivity index is 2.63. The highest BCUT2D eigenvalue weighted by Crippen LogP contribution is 2.45. The summed E-state index contributed by atoms with van der Waals surface area (Å²) < 4.78 is 8.64. The molecule has 1 unspecified atom stereocenters. The predicted octanol–water partition coefficient (Wildman–Crippen LogP) is 3.83. The third-order valence-electron chi connectivity index (χ3n) is 2.96. The van der Waals surface area contributed by atoms with Gasteiger partial charge >= 0.3 is 0 Å². The molecule has 1 aliphatic rings. The SMILES string of the molecule is COc1ccc2c(c1)OC(C(Cl)(Cl)Cl)C([N+](=O)[O-])=C2C. The molecule has 1 aromatic rings. The van der Waals surface area contributed by atoms with Crippen LogP contribution in [0.2, 0.25) is 0 Å². The van der Waals surface area contributed by atoms with Gasteiger partial charge in [0.2, 0.25) is 9.90 Å². The fourth-order valence-corrected chi connectivity index (χ4v) is 2.45. The van der Waals surface area contributed by atoms with E-state index in [9.17, 15) is 10.1 Å². The van der Waals surface area contributed by atoms with Crippen LogP contribution in [-0.2, 0) is 0 Å². The van der Waals surface area contributed by atoms with Crippen molar-refractivity contribution in [3.8, 4) is 11.5 Å². The molecule has 0 aromatic heterocycles. The van der Waals surface area contributed by atoms with Crippen LogP contribution >= 0.6 is 34.8 Å². The van der Waals surface area contributed by atoms with Crippen molar-refractivity contribution in [2.75, 3.05) is 7.11 Å². The molecule has 108 valence electrons. The van der Waals surface area contributed by atoms with Gasteiger partial charge in [-0.15, -0.1) is 0 Å². The van der Waals surface area contributed by atoms with Crippen LogP contribution in [0.4, 0.5) is 0 Å². The van der Waals surface area contributed by atoms with Crippen LogP contribution in [0.25, 0.3) is 5.57 Å². The molecular weight excluding hydrogens is 328 g/mol. The Labute approximate surface area is 130 Å². The molecule has 0 fully saturated rings. The zero-order valence-corrected chi connectivity index (χ0v) is 12.8. The van der Waals surface area contributed by atoms with Crippen LogP contribution in [-0.4, -0.2) is 21.9 Å². The monoisotopic (exact) mass is 337 g/mol. The molecular formula is C12H10Cl3NO4. The van der Waals surface area contributed by atoms with Crippen LogP contribution < -0.4 is 9.47 Å². The summed E-state index contributed by atoms with van der Waals surface area (Å²) in [6.07, 6.45) is -1.29. The third-order valence-corrected chi connectivity index (χ3v) is 3.56. The van der Waals surface area contributed by atoms with E-state index in [1.54, 1.807) is 25.1 Å². The van der Waals surface area contributed by atoms with Gasteiger partial charge in [0.05, 0.1) is 12.0 Å². The molecule has 0 bridgehead atoms. The van der Waals surface area contributed by atoms with E-state index in [2.05, 4.69) is 0 Å². The van der Waals surface area contributed by atoms with Crippen LogP contribution in [0.1, 0.15) is 12.5 Å². The maximum Gasteiger partial charge on any atom is 0.294 e. The number of methoxy groups -OCH3 is 1. The number of allylic oxidation sites excluding steroid dienone is 1. The second-order valence-electron chi connectivity index (χ2n) is 4.17. The number of hydrogen-bond donors (Lipinski definition) is 0. The summed E-state index contributed by atoms with van der Waals surface area (Å²) in [6.45, 7) is 1.59. The topological polar surface area (TPSA) is 61.6 Å². The minimum Gasteiger partial charge on any atom is -0.497 e. The Hall–Kier alpha value is -1.17. The Kier molecular flexibility index (Phi) is 4.04. The van der Waals surface area contributed by atoms with E-state index in [0.29, 0.717) is 22.6 Å². The molecule has 1 aliphatic heterocycles. The molecule has 1 atom stereocenters. The van der Waals surface area contributed by atoms with E-state index in [4.69, 9.17) is 44.3 Å². The molecule has 0 saturated carbocycles. The number of nitrogens with zero attached hydrogens (tertiary/aromatic N) is 1. The van der Waals surface area contributed by atoms with Crippen molar-refractivity contribution in [2.45, 2.75) is 16.8 Å². The fraction of sp³-hybridized carbons (Fsp3) is 0.333.